The van der Waals surface area contributed by atoms with Crippen LogP contribution in [0.1, 0.15) is 18.4 Å². The Morgan fingerprint density at radius 1 is 1.36 bits per heavy atom. The van der Waals surface area contributed by atoms with E-state index in [2.05, 4.69) is 5.32 Å². The van der Waals surface area contributed by atoms with Crippen LogP contribution in [0, 0.1) is 0 Å². The Balaban J connectivity index is 1.88. The van der Waals surface area contributed by atoms with Gasteiger partial charge in [0.1, 0.15) is 0 Å². The lowest BCUT2D eigenvalue weighted by Gasteiger charge is -2.37. The van der Waals surface area contributed by atoms with E-state index < -0.39 is 0 Å². The molecule has 0 aromatic heterocycles. The molecular weight excluding hydrogens is 322 g/mol. The second-order valence-corrected chi connectivity index (χ2v) is 7.04. The Morgan fingerprint density at radius 2 is 2.09 bits per heavy atom. The minimum Gasteiger partial charge on any atom is -0.394 e. The fraction of sp³-hybridized carbons (Fsp3) is 0.562. The first-order valence-corrected chi connectivity index (χ1v) is 9.01. The molecule has 6 heteroatoms. The predicted molar refractivity (Wildman–Crippen MR) is 90.5 cm³/mol. The van der Waals surface area contributed by atoms with Crippen molar-refractivity contribution >= 4 is 29.3 Å². The van der Waals surface area contributed by atoms with Crippen LogP contribution in [0.25, 0.3) is 0 Å². The molecule has 0 radical (unpaired) electrons. The van der Waals surface area contributed by atoms with Crippen LogP contribution < -0.4 is 5.32 Å². The predicted octanol–water partition coefficient (Wildman–Crippen LogP) is 2.27. The summed E-state index contributed by atoms with van der Waals surface area (Å²) < 4.78 is 5.84. The summed E-state index contributed by atoms with van der Waals surface area (Å²) in [6.07, 6.45) is 2.05. The molecule has 2 N–H and O–H groups in total. The van der Waals surface area contributed by atoms with E-state index in [0.717, 1.165) is 29.9 Å². The molecule has 1 aromatic carbocycles. The number of hydrogen-bond donors (Lipinski definition) is 2. The lowest BCUT2D eigenvalue weighted by Crippen LogP contribution is -2.48. The van der Waals surface area contributed by atoms with E-state index in [4.69, 9.17) is 21.4 Å². The number of thioether (sulfide) groups is 1. The van der Waals surface area contributed by atoms with Crippen molar-refractivity contribution in [3.05, 3.63) is 34.9 Å². The number of rotatable bonds is 7. The van der Waals surface area contributed by atoms with Crippen LogP contribution in [0.5, 0.6) is 0 Å². The van der Waals surface area contributed by atoms with E-state index in [1.807, 2.05) is 30.0 Å². The molecule has 0 bridgehead atoms. The number of aliphatic hydroxyl groups excluding tert-OH is 1. The average Bonchev–Trinajstić information content (AvgIpc) is 2.54. The molecule has 1 aliphatic rings. The molecule has 0 saturated carbocycles. The second-order valence-electron chi connectivity index (χ2n) is 5.41. The maximum Gasteiger partial charge on any atom is 0.224 e. The Kier molecular flexibility index (Phi) is 7.02. The third-order valence-corrected chi connectivity index (χ3v) is 5.17. The van der Waals surface area contributed by atoms with Gasteiger partial charge in [0.15, 0.2) is 0 Å². The summed E-state index contributed by atoms with van der Waals surface area (Å²) in [5, 5.41) is 12.6. The van der Waals surface area contributed by atoms with Gasteiger partial charge in [-0.2, -0.15) is 11.8 Å². The van der Waals surface area contributed by atoms with Gasteiger partial charge >= 0.3 is 0 Å². The van der Waals surface area contributed by atoms with Gasteiger partial charge in [-0.1, -0.05) is 29.8 Å². The topological polar surface area (TPSA) is 58.6 Å². The summed E-state index contributed by atoms with van der Waals surface area (Å²) in [6, 6.07) is 7.37. The summed E-state index contributed by atoms with van der Waals surface area (Å²) in [6.45, 7) is 0.796. The zero-order chi connectivity index (χ0) is 15.8. The van der Waals surface area contributed by atoms with Crippen LogP contribution in [0.4, 0.5) is 0 Å². The summed E-state index contributed by atoms with van der Waals surface area (Å²) in [5.74, 6) is 1.98. The van der Waals surface area contributed by atoms with E-state index in [1.54, 1.807) is 6.07 Å². The van der Waals surface area contributed by atoms with Crippen molar-refractivity contribution in [2.75, 3.05) is 31.3 Å². The standard InChI is InChI=1S/C16H22ClNO3S/c17-14-4-2-1-3-13(14)11-15(20)18-12-16(21-8-7-19)5-9-22-10-6-16/h1-4,19H,5-12H2,(H,18,20). The fourth-order valence-electron chi connectivity index (χ4n) is 2.51. The van der Waals surface area contributed by atoms with Crippen LogP contribution in [0.15, 0.2) is 24.3 Å². The average molecular weight is 344 g/mol. The number of benzene rings is 1. The van der Waals surface area contributed by atoms with Crippen molar-refractivity contribution in [2.24, 2.45) is 0 Å². The molecule has 0 unspecified atom stereocenters. The minimum absolute atomic E-state index is 0.00244. The van der Waals surface area contributed by atoms with E-state index in [0.29, 0.717) is 18.2 Å². The van der Waals surface area contributed by atoms with Crippen molar-refractivity contribution in [2.45, 2.75) is 24.9 Å². The summed E-state index contributed by atoms with van der Waals surface area (Å²) >= 11 is 7.97. The molecular formula is C16H22ClNO3S. The maximum absolute atomic E-state index is 12.1. The van der Waals surface area contributed by atoms with Gasteiger partial charge in [-0.3, -0.25) is 4.79 Å². The zero-order valence-electron chi connectivity index (χ0n) is 12.5. The van der Waals surface area contributed by atoms with Crippen molar-refractivity contribution in [1.29, 1.82) is 0 Å². The largest absolute Gasteiger partial charge is 0.394 e. The van der Waals surface area contributed by atoms with E-state index in [1.165, 1.54) is 0 Å². The van der Waals surface area contributed by atoms with Crippen LogP contribution in [-0.2, 0) is 16.0 Å². The van der Waals surface area contributed by atoms with Gasteiger partial charge in [0.2, 0.25) is 5.91 Å². The first kappa shape index (κ1) is 17.6. The second kappa shape index (κ2) is 8.77. The molecule has 0 atom stereocenters. The monoisotopic (exact) mass is 343 g/mol. The normalized spacial score (nSPS) is 17.2. The molecule has 1 aliphatic heterocycles. The van der Waals surface area contributed by atoms with E-state index in [9.17, 15) is 4.79 Å². The molecule has 22 heavy (non-hydrogen) atoms. The molecule has 1 fully saturated rings. The Hall–Kier alpha value is -0.750. The highest BCUT2D eigenvalue weighted by atomic mass is 35.5. The lowest BCUT2D eigenvalue weighted by atomic mass is 9.96. The molecule has 1 aromatic rings. The SMILES string of the molecule is O=C(Cc1ccccc1Cl)NCC1(OCCO)CCSCC1. The number of aliphatic hydroxyl groups is 1. The van der Waals surface area contributed by atoms with Crippen LogP contribution in [0.3, 0.4) is 0 Å². The van der Waals surface area contributed by atoms with E-state index in [-0.39, 0.29) is 24.5 Å². The highest BCUT2D eigenvalue weighted by Gasteiger charge is 2.33. The molecule has 0 aliphatic carbocycles. The summed E-state index contributed by atoms with van der Waals surface area (Å²) in [7, 11) is 0. The molecule has 1 amide bonds. The Bertz CT molecular complexity index is 492. The fourth-order valence-corrected chi connectivity index (χ4v) is 3.95. The van der Waals surface area contributed by atoms with Gasteiger partial charge < -0.3 is 15.2 Å². The number of carbonyl (C=O) groups is 1. The van der Waals surface area contributed by atoms with Gasteiger partial charge in [0, 0.05) is 11.6 Å². The molecule has 1 saturated heterocycles. The van der Waals surface area contributed by atoms with Gasteiger partial charge in [-0.25, -0.2) is 0 Å². The number of ether oxygens (including phenoxy) is 1. The summed E-state index contributed by atoms with van der Waals surface area (Å²) in [4.78, 5) is 12.1. The number of halogens is 1. The smallest absolute Gasteiger partial charge is 0.224 e. The van der Waals surface area contributed by atoms with E-state index >= 15 is 0 Å². The number of amides is 1. The number of nitrogens with one attached hydrogen (secondary N) is 1. The third kappa shape index (κ3) is 5.16. The third-order valence-electron chi connectivity index (χ3n) is 3.82. The lowest BCUT2D eigenvalue weighted by molar-refractivity contribution is -0.123. The molecule has 4 nitrogen and oxygen atoms in total. The number of hydrogen-bond acceptors (Lipinski definition) is 4. The van der Waals surface area contributed by atoms with Gasteiger partial charge in [0.05, 0.1) is 25.2 Å². The zero-order valence-corrected chi connectivity index (χ0v) is 14.1. The van der Waals surface area contributed by atoms with Crippen LogP contribution in [0.2, 0.25) is 5.02 Å². The van der Waals surface area contributed by atoms with Gasteiger partial charge in [-0.15, -0.1) is 0 Å². The quantitative estimate of drug-likeness (QED) is 0.797. The first-order chi connectivity index (χ1) is 10.7. The van der Waals surface area contributed by atoms with Crippen molar-refractivity contribution < 1.29 is 14.6 Å². The minimum atomic E-state index is -0.343. The Morgan fingerprint density at radius 3 is 2.77 bits per heavy atom. The number of carbonyl (C=O) groups excluding carboxylic acids is 1. The van der Waals surface area contributed by atoms with Crippen molar-refractivity contribution in [1.82, 2.24) is 5.32 Å². The molecule has 122 valence electrons. The van der Waals surface area contributed by atoms with Crippen molar-refractivity contribution in [3.63, 3.8) is 0 Å². The highest BCUT2D eigenvalue weighted by Crippen LogP contribution is 2.30. The Labute approximate surface area is 140 Å². The van der Waals surface area contributed by atoms with Crippen molar-refractivity contribution in [3.8, 4) is 0 Å². The molecule has 1 heterocycles. The van der Waals surface area contributed by atoms with Gasteiger partial charge in [0.25, 0.3) is 0 Å². The highest BCUT2D eigenvalue weighted by molar-refractivity contribution is 7.99. The molecule has 0 spiro atoms. The van der Waals surface area contributed by atoms with Crippen LogP contribution >= 0.6 is 23.4 Å². The van der Waals surface area contributed by atoms with Crippen LogP contribution in [-0.4, -0.2) is 47.9 Å². The van der Waals surface area contributed by atoms with Gasteiger partial charge in [-0.05, 0) is 36.0 Å². The molecule has 2 rings (SSSR count). The summed E-state index contributed by atoms with van der Waals surface area (Å²) in [5.41, 5.74) is 0.482. The maximum atomic E-state index is 12.1. The first-order valence-electron chi connectivity index (χ1n) is 7.48.